The molecule has 0 unspecified atom stereocenters. The van der Waals surface area contributed by atoms with E-state index in [4.69, 9.17) is 4.74 Å². The maximum atomic E-state index is 13.6. The molecule has 6 nitrogen and oxygen atoms in total. The van der Waals surface area contributed by atoms with Crippen molar-refractivity contribution in [3.63, 3.8) is 0 Å². The van der Waals surface area contributed by atoms with Crippen molar-refractivity contribution in [1.82, 2.24) is 15.1 Å². The number of aromatic nitrogens is 2. The van der Waals surface area contributed by atoms with Crippen LogP contribution in [0.3, 0.4) is 0 Å². The Bertz CT molecular complexity index is 1180. The van der Waals surface area contributed by atoms with Crippen molar-refractivity contribution in [2.45, 2.75) is 38.0 Å². The number of morpholine rings is 1. The first-order chi connectivity index (χ1) is 16.4. The van der Waals surface area contributed by atoms with Crippen LogP contribution in [0.1, 0.15) is 31.0 Å². The molecule has 1 aromatic heterocycles. The fourth-order valence-corrected chi connectivity index (χ4v) is 4.20. The van der Waals surface area contributed by atoms with E-state index in [1.54, 1.807) is 10.9 Å². The van der Waals surface area contributed by atoms with Gasteiger partial charge < -0.3 is 15.0 Å². The van der Waals surface area contributed by atoms with Crippen LogP contribution in [-0.2, 0) is 15.7 Å². The van der Waals surface area contributed by atoms with E-state index in [-0.39, 0.29) is 0 Å². The molecule has 4 rings (SSSR count). The van der Waals surface area contributed by atoms with Gasteiger partial charge in [0.15, 0.2) is 0 Å². The number of rotatable bonds is 6. The van der Waals surface area contributed by atoms with Gasteiger partial charge in [-0.25, -0.2) is 0 Å². The molecular formula is C24H25F5N4O2. The predicted molar refractivity (Wildman–Crippen MR) is 121 cm³/mol. The number of alkyl halides is 5. The number of carbonyl (C=O) groups is 1. The molecule has 11 heteroatoms. The number of ether oxygens (including phenoxy) is 1. The highest BCUT2D eigenvalue weighted by Crippen LogP contribution is 2.33. The van der Waals surface area contributed by atoms with Crippen LogP contribution in [0, 0.1) is 0 Å². The maximum Gasteiger partial charge on any atom is 0.416 e. The number of carbonyl (C=O) groups excluding carboxylic acids is 1. The summed E-state index contributed by atoms with van der Waals surface area (Å²) in [5.74, 6) is -5.09. The standard InChI is InChI=1S/C24H25F5N4O2/c1-15(31-22(34)23(2,25)26)21(16-3-5-18(6-4-16)24(27,28)29)33-20-8-7-19(13-17(20)14-30-33)32-9-11-35-12-10-32/h3-8,13-15,21H,9-12H2,1-2H3,(H,31,34)/t15-,21-/m0/s1. The fraction of sp³-hybridized carbons (Fsp3) is 0.417. The van der Waals surface area contributed by atoms with Gasteiger partial charge in [-0.05, 0) is 42.8 Å². The Morgan fingerprint density at radius 3 is 2.31 bits per heavy atom. The number of hydrogen-bond donors (Lipinski definition) is 1. The zero-order valence-electron chi connectivity index (χ0n) is 19.1. The molecule has 1 fully saturated rings. The minimum atomic E-state index is -4.52. The Morgan fingerprint density at radius 1 is 1.06 bits per heavy atom. The van der Waals surface area contributed by atoms with Gasteiger partial charge in [-0.2, -0.15) is 27.1 Å². The van der Waals surface area contributed by atoms with Gasteiger partial charge in [0.2, 0.25) is 0 Å². The smallest absolute Gasteiger partial charge is 0.378 e. The number of nitrogens with zero attached hydrogens (tertiary/aromatic N) is 3. The first kappa shape index (κ1) is 24.9. The van der Waals surface area contributed by atoms with E-state index in [0.29, 0.717) is 31.2 Å². The van der Waals surface area contributed by atoms with Gasteiger partial charge in [-0.1, -0.05) is 12.1 Å². The average molecular weight is 496 g/mol. The van der Waals surface area contributed by atoms with Crippen molar-refractivity contribution >= 4 is 22.5 Å². The number of amides is 1. The SMILES string of the molecule is C[C@H](NC(=O)C(C)(F)F)[C@@H](c1ccc(C(F)(F)F)cc1)n1ncc2cc(N3CCOCC3)ccc21. The lowest BCUT2D eigenvalue weighted by molar-refractivity contribution is -0.143. The molecule has 188 valence electrons. The molecule has 3 aromatic rings. The third-order valence-corrected chi connectivity index (χ3v) is 6.03. The largest absolute Gasteiger partial charge is 0.416 e. The molecule has 2 heterocycles. The zero-order valence-corrected chi connectivity index (χ0v) is 19.1. The van der Waals surface area contributed by atoms with Gasteiger partial charge in [0.05, 0.1) is 42.6 Å². The molecule has 0 saturated carbocycles. The van der Waals surface area contributed by atoms with Crippen LogP contribution in [-0.4, -0.2) is 54.0 Å². The second kappa shape index (κ2) is 9.44. The number of benzene rings is 2. The van der Waals surface area contributed by atoms with E-state index >= 15 is 0 Å². The summed E-state index contributed by atoms with van der Waals surface area (Å²) in [6.07, 6.45) is -2.91. The van der Waals surface area contributed by atoms with Crippen molar-refractivity contribution in [3.05, 3.63) is 59.8 Å². The van der Waals surface area contributed by atoms with Crippen LogP contribution in [0.4, 0.5) is 27.6 Å². The van der Waals surface area contributed by atoms with Crippen molar-refractivity contribution in [1.29, 1.82) is 0 Å². The Kier molecular flexibility index (Phi) is 6.72. The summed E-state index contributed by atoms with van der Waals surface area (Å²) in [7, 11) is 0. The number of fused-ring (bicyclic) bond motifs is 1. The molecule has 1 aliphatic heterocycles. The molecule has 0 aliphatic carbocycles. The molecule has 1 amide bonds. The van der Waals surface area contributed by atoms with Crippen LogP contribution >= 0.6 is 0 Å². The molecular weight excluding hydrogens is 471 g/mol. The Hall–Kier alpha value is -3.21. The predicted octanol–water partition coefficient (Wildman–Crippen LogP) is 4.64. The quantitative estimate of drug-likeness (QED) is 0.506. The summed E-state index contributed by atoms with van der Waals surface area (Å²) in [4.78, 5) is 14.2. The maximum absolute atomic E-state index is 13.6. The molecule has 35 heavy (non-hydrogen) atoms. The van der Waals surface area contributed by atoms with Crippen LogP contribution in [0.2, 0.25) is 0 Å². The van der Waals surface area contributed by atoms with E-state index in [1.165, 1.54) is 19.1 Å². The molecule has 2 atom stereocenters. The third-order valence-electron chi connectivity index (χ3n) is 6.03. The van der Waals surface area contributed by atoms with Gasteiger partial charge in [0.1, 0.15) is 0 Å². The fourth-order valence-electron chi connectivity index (χ4n) is 4.20. The second-order valence-corrected chi connectivity index (χ2v) is 8.65. The van der Waals surface area contributed by atoms with Crippen LogP contribution in [0.5, 0.6) is 0 Å². The van der Waals surface area contributed by atoms with Gasteiger partial charge >= 0.3 is 12.1 Å². The number of hydrogen-bond acceptors (Lipinski definition) is 4. The summed E-state index contributed by atoms with van der Waals surface area (Å²) in [6.45, 7) is 4.71. The summed E-state index contributed by atoms with van der Waals surface area (Å²) < 4.78 is 73.3. The monoisotopic (exact) mass is 496 g/mol. The van der Waals surface area contributed by atoms with Gasteiger partial charge in [0, 0.05) is 31.1 Å². The number of anilines is 1. The molecule has 1 aliphatic rings. The van der Waals surface area contributed by atoms with Crippen LogP contribution in [0.15, 0.2) is 48.7 Å². The summed E-state index contributed by atoms with van der Waals surface area (Å²) in [5.41, 5.74) is 1.17. The van der Waals surface area contributed by atoms with Crippen LogP contribution < -0.4 is 10.2 Å². The minimum absolute atomic E-state index is 0.382. The minimum Gasteiger partial charge on any atom is -0.378 e. The van der Waals surface area contributed by atoms with Gasteiger partial charge in [-0.3, -0.25) is 9.48 Å². The Balaban J connectivity index is 1.73. The lowest BCUT2D eigenvalue weighted by Crippen LogP contribution is -2.46. The molecule has 0 bridgehead atoms. The Morgan fingerprint density at radius 2 is 1.71 bits per heavy atom. The topological polar surface area (TPSA) is 59.4 Å². The molecule has 0 spiro atoms. The summed E-state index contributed by atoms with van der Waals surface area (Å²) in [6, 6.07) is 8.32. The van der Waals surface area contributed by atoms with E-state index in [1.807, 2.05) is 18.2 Å². The molecule has 2 aromatic carbocycles. The van der Waals surface area contributed by atoms with E-state index < -0.39 is 35.7 Å². The Labute approximate surface area is 198 Å². The number of nitrogens with one attached hydrogen (secondary N) is 1. The highest BCUT2D eigenvalue weighted by molar-refractivity contribution is 5.84. The van der Waals surface area contributed by atoms with Crippen molar-refractivity contribution in [2.75, 3.05) is 31.2 Å². The van der Waals surface area contributed by atoms with Crippen molar-refractivity contribution in [3.8, 4) is 0 Å². The van der Waals surface area contributed by atoms with Gasteiger partial charge in [-0.15, -0.1) is 0 Å². The van der Waals surface area contributed by atoms with Gasteiger partial charge in [0.25, 0.3) is 5.91 Å². The first-order valence-electron chi connectivity index (χ1n) is 11.1. The lowest BCUT2D eigenvalue weighted by atomic mass is 9.98. The summed E-state index contributed by atoms with van der Waals surface area (Å²) >= 11 is 0. The number of halogens is 5. The van der Waals surface area contributed by atoms with Crippen molar-refractivity contribution in [2.24, 2.45) is 0 Å². The molecule has 1 N–H and O–H groups in total. The second-order valence-electron chi connectivity index (χ2n) is 8.65. The van der Waals surface area contributed by atoms with E-state index in [0.717, 1.165) is 36.3 Å². The summed E-state index contributed by atoms with van der Waals surface area (Å²) in [5, 5.41) is 7.49. The molecule has 1 saturated heterocycles. The van der Waals surface area contributed by atoms with Crippen molar-refractivity contribution < 1.29 is 31.5 Å². The van der Waals surface area contributed by atoms with E-state index in [2.05, 4.69) is 15.3 Å². The highest BCUT2D eigenvalue weighted by Gasteiger charge is 2.36. The normalized spacial score (nSPS) is 16.8. The van der Waals surface area contributed by atoms with Crippen LogP contribution in [0.25, 0.3) is 10.9 Å². The average Bonchev–Trinajstić information content (AvgIpc) is 3.22. The lowest BCUT2D eigenvalue weighted by Gasteiger charge is -2.29. The third kappa shape index (κ3) is 5.39. The van der Waals surface area contributed by atoms with E-state index in [9.17, 15) is 26.7 Å². The highest BCUT2D eigenvalue weighted by atomic mass is 19.4. The first-order valence-corrected chi connectivity index (χ1v) is 11.1. The molecule has 0 radical (unpaired) electrons. The zero-order chi connectivity index (χ0) is 25.4.